The second-order valence-corrected chi connectivity index (χ2v) is 5.53. The summed E-state index contributed by atoms with van der Waals surface area (Å²) in [5.74, 6) is -1.46. The van der Waals surface area contributed by atoms with Crippen LogP contribution < -0.4 is 11.5 Å². The molecule has 0 spiro atoms. The third-order valence-electron chi connectivity index (χ3n) is 1.78. The zero-order valence-corrected chi connectivity index (χ0v) is 11.6. The number of nitrogens with two attached hydrogens (primary N) is 2. The van der Waals surface area contributed by atoms with Crippen molar-refractivity contribution in [1.82, 2.24) is 0 Å². The van der Waals surface area contributed by atoms with Gasteiger partial charge in [-0.3, -0.25) is 9.59 Å². The topological polar surface area (TPSA) is 127 Å². The smallest absolute Gasteiger partial charge is 0.321 e. The molecule has 0 aromatic heterocycles. The third kappa shape index (κ3) is 10.4. The summed E-state index contributed by atoms with van der Waals surface area (Å²) < 4.78 is -0.647. The van der Waals surface area contributed by atoms with Gasteiger partial charge < -0.3 is 21.7 Å². The second kappa shape index (κ2) is 8.62. The van der Waals surface area contributed by atoms with Crippen LogP contribution in [0.4, 0.5) is 0 Å². The molecule has 1 unspecified atom stereocenters. The predicted molar refractivity (Wildman–Crippen MR) is 72.8 cm³/mol. The predicted octanol–water partition coefficient (Wildman–Crippen LogP) is -0.175. The normalized spacial score (nSPS) is 14.2. The maximum atomic E-state index is 10.2. The standard InChI is InChI=1S/C5H11NO2S.C4H9NO2S/c1-5(2,9)3(6)4(7)8;5-3(1-2-8)4(6)7/h3,9H,6H2,1-2H3,(H,7,8);3,8H,1-2,5H2,(H,6,7)/t3-;/m0./s1. The molecule has 0 aliphatic rings. The fourth-order valence-electron chi connectivity index (χ4n) is 0.565. The van der Waals surface area contributed by atoms with E-state index in [-0.39, 0.29) is 0 Å². The van der Waals surface area contributed by atoms with Gasteiger partial charge in [-0.25, -0.2) is 0 Å². The Kier molecular flexibility index (Phi) is 9.59. The Morgan fingerprint density at radius 1 is 1.24 bits per heavy atom. The van der Waals surface area contributed by atoms with Crippen molar-refractivity contribution in [3.8, 4) is 0 Å². The van der Waals surface area contributed by atoms with Crippen LogP contribution in [0.2, 0.25) is 0 Å². The summed E-state index contributed by atoms with van der Waals surface area (Å²) >= 11 is 7.79. The van der Waals surface area contributed by atoms with Crippen LogP contribution in [-0.4, -0.2) is 44.7 Å². The molecule has 0 rings (SSSR count). The van der Waals surface area contributed by atoms with E-state index in [9.17, 15) is 9.59 Å². The number of hydrogen-bond acceptors (Lipinski definition) is 6. The van der Waals surface area contributed by atoms with E-state index in [1.54, 1.807) is 13.8 Å². The van der Waals surface area contributed by atoms with Gasteiger partial charge in [0.15, 0.2) is 0 Å². The molecule has 0 radical (unpaired) electrons. The molecule has 0 heterocycles. The fraction of sp³-hybridized carbons (Fsp3) is 0.778. The Balaban J connectivity index is 0. The number of thiol groups is 2. The minimum atomic E-state index is -1.02. The molecule has 0 aliphatic heterocycles. The fourth-order valence-corrected chi connectivity index (χ4v) is 0.953. The highest BCUT2D eigenvalue weighted by Gasteiger charge is 2.27. The minimum Gasteiger partial charge on any atom is -0.480 e. The van der Waals surface area contributed by atoms with E-state index in [0.717, 1.165) is 0 Å². The molecule has 0 saturated carbocycles. The largest absolute Gasteiger partial charge is 0.480 e. The molecule has 8 heteroatoms. The van der Waals surface area contributed by atoms with Gasteiger partial charge in [0, 0.05) is 4.75 Å². The molecule has 102 valence electrons. The first-order valence-corrected chi connectivity index (χ1v) is 5.92. The number of aliphatic carboxylic acids is 2. The Labute approximate surface area is 112 Å². The maximum Gasteiger partial charge on any atom is 0.321 e. The monoisotopic (exact) mass is 284 g/mol. The SMILES string of the molecule is CC(C)(S)[C@@H](N)C(=O)O.NC(CCS)C(=O)O. The lowest BCUT2D eigenvalue weighted by atomic mass is 10.1. The Bertz CT molecular complexity index is 256. The number of rotatable bonds is 5. The quantitative estimate of drug-likeness (QED) is 0.389. The molecule has 2 atom stereocenters. The van der Waals surface area contributed by atoms with Gasteiger partial charge in [-0.05, 0) is 26.0 Å². The van der Waals surface area contributed by atoms with E-state index < -0.39 is 28.8 Å². The summed E-state index contributed by atoms with van der Waals surface area (Å²) in [6, 6.07) is -1.65. The lowest BCUT2D eigenvalue weighted by Crippen LogP contribution is -2.45. The zero-order chi connectivity index (χ0) is 14.2. The molecule has 0 aromatic carbocycles. The van der Waals surface area contributed by atoms with Gasteiger partial charge in [0.2, 0.25) is 0 Å². The van der Waals surface area contributed by atoms with Crippen LogP contribution in [0.1, 0.15) is 20.3 Å². The molecule has 6 N–H and O–H groups in total. The van der Waals surface area contributed by atoms with Gasteiger partial charge in [-0.1, -0.05) is 0 Å². The number of hydrogen-bond donors (Lipinski definition) is 6. The first kappa shape index (κ1) is 18.9. The molecule has 17 heavy (non-hydrogen) atoms. The van der Waals surface area contributed by atoms with Gasteiger partial charge in [0.25, 0.3) is 0 Å². The first-order chi connectivity index (χ1) is 7.53. The summed E-state index contributed by atoms with van der Waals surface area (Å²) in [4.78, 5) is 20.1. The minimum absolute atomic E-state index is 0.429. The van der Waals surface area contributed by atoms with Crippen LogP contribution >= 0.6 is 25.3 Å². The number of carboxylic acid groups (broad SMARTS) is 2. The van der Waals surface area contributed by atoms with E-state index in [2.05, 4.69) is 25.3 Å². The van der Waals surface area contributed by atoms with Crippen molar-refractivity contribution in [2.45, 2.75) is 37.1 Å². The maximum absolute atomic E-state index is 10.2. The Hall–Kier alpha value is -0.440. The van der Waals surface area contributed by atoms with Crippen LogP contribution in [0.5, 0.6) is 0 Å². The second-order valence-electron chi connectivity index (χ2n) is 3.93. The summed E-state index contributed by atoms with van der Waals surface area (Å²) in [5, 5.41) is 16.5. The van der Waals surface area contributed by atoms with E-state index in [1.807, 2.05) is 0 Å². The van der Waals surface area contributed by atoms with Gasteiger partial charge in [0.05, 0.1) is 0 Å². The van der Waals surface area contributed by atoms with Gasteiger partial charge in [-0.2, -0.15) is 25.3 Å². The van der Waals surface area contributed by atoms with Crippen molar-refractivity contribution >= 4 is 37.2 Å². The van der Waals surface area contributed by atoms with Crippen molar-refractivity contribution < 1.29 is 19.8 Å². The van der Waals surface area contributed by atoms with Crippen molar-refractivity contribution in [1.29, 1.82) is 0 Å². The van der Waals surface area contributed by atoms with Crippen LogP contribution in [0.25, 0.3) is 0 Å². The molecule has 0 amide bonds. The highest BCUT2D eigenvalue weighted by atomic mass is 32.1. The third-order valence-corrected chi connectivity index (χ3v) is 2.32. The highest BCUT2D eigenvalue weighted by Crippen LogP contribution is 2.15. The van der Waals surface area contributed by atoms with E-state index in [0.29, 0.717) is 12.2 Å². The first-order valence-electron chi connectivity index (χ1n) is 4.84. The molecule has 0 saturated heterocycles. The highest BCUT2D eigenvalue weighted by molar-refractivity contribution is 7.81. The molecular formula is C9H20N2O4S2. The van der Waals surface area contributed by atoms with Crippen LogP contribution in [0.15, 0.2) is 0 Å². The molecule has 0 aliphatic carbocycles. The lowest BCUT2D eigenvalue weighted by molar-refractivity contribution is -0.139. The van der Waals surface area contributed by atoms with Crippen molar-refractivity contribution in [3.05, 3.63) is 0 Å². The van der Waals surface area contributed by atoms with E-state index in [1.165, 1.54) is 0 Å². The summed E-state index contributed by atoms with van der Waals surface area (Å²) in [7, 11) is 0. The summed E-state index contributed by atoms with van der Waals surface area (Å²) in [6.07, 6.45) is 0.429. The lowest BCUT2D eigenvalue weighted by Gasteiger charge is -2.21. The van der Waals surface area contributed by atoms with Gasteiger partial charge >= 0.3 is 11.9 Å². The molecule has 0 aromatic rings. The Morgan fingerprint density at radius 3 is 1.71 bits per heavy atom. The number of carbonyl (C=O) groups is 2. The molecule has 0 fully saturated rings. The average Bonchev–Trinajstić information content (AvgIpc) is 2.16. The number of carboxylic acids is 2. The van der Waals surface area contributed by atoms with Crippen molar-refractivity contribution in [2.24, 2.45) is 11.5 Å². The molecule has 0 bridgehead atoms. The van der Waals surface area contributed by atoms with E-state index >= 15 is 0 Å². The molecule has 6 nitrogen and oxygen atoms in total. The Morgan fingerprint density at radius 2 is 1.65 bits per heavy atom. The van der Waals surface area contributed by atoms with Crippen LogP contribution in [0.3, 0.4) is 0 Å². The van der Waals surface area contributed by atoms with Crippen molar-refractivity contribution in [3.63, 3.8) is 0 Å². The average molecular weight is 284 g/mol. The van der Waals surface area contributed by atoms with Crippen LogP contribution in [-0.2, 0) is 9.59 Å². The van der Waals surface area contributed by atoms with E-state index in [4.69, 9.17) is 21.7 Å². The van der Waals surface area contributed by atoms with Crippen molar-refractivity contribution in [2.75, 3.05) is 5.75 Å². The van der Waals surface area contributed by atoms with Gasteiger partial charge in [-0.15, -0.1) is 0 Å². The molecular weight excluding hydrogens is 264 g/mol. The summed E-state index contributed by atoms with van der Waals surface area (Å²) in [6.45, 7) is 3.32. The summed E-state index contributed by atoms with van der Waals surface area (Å²) in [5.41, 5.74) is 10.3. The zero-order valence-electron chi connectivity index (χ0n) is 9.83. The van der Waals surface area contributed by atoms with Gasteiger partial charge in [0.1, 0.15) is 12.1 Å². The van der Waals surface area contributed by atoms with Crippen LogP contribution in [0, 0.1) is 0 Å².